The molecule has 0 spiro atoms. The molecule has 6 nitrogen and oxygen atoms in total. The van der Waals surface area contributed by atoms with Gasteiger partial charge in [0, 0.05) is 32.7 Å². The number of hydrogen-bond acceptors (Lipinski definition) is 4. The van der Waals surface area contributed by atoms with Gasteiger partial charge in [-0.25, -0.2) is 4.85 Å². The molecule has 0 bridgehead atoms. The SMILES string of the molecule is [C-]#[N+]c1cccc(CN2Cc3c(n4c(nc3=O)N(Cc3cccc(C)c3)CC4)C(F)(F)C2)c1. The van der Waals surface area contributed by atoms with E-state index in [9.17, 15) is 4.79 Å². The third-order valence-electron chi connectivity index (χ3n) is 6.19. The molecule has 0 unspecified atom stereocenters. The van der Waals surface area contributed by atoms with Crippen LogP contribution >= 0.6 is 0 Å². The molecule has 168 valence electrons. The summed E-state index contributed by atoms with van der Waals surface area (Å²) in [7, 11) is 0. The molecule has 0 aliphatic carbocycles. The summed E-state index contributed by atoms with van der Waals surface area (Å²) in [6, 6.07) is 14.9. The van der Waals surface area contributed by atoms with Crippen LogP contribution in [0.25, 0.3) is 4.85 Å². The first kappa shape index (κ1) is 21.3. The van der Waals surface area contributed by atoms with Gasteiger partial charge in [-0.1, -0.05) is 54.1 Å². The molecule has 3 heterocycles. The van der Waals surface area contributed by atoms with Gasteiger partial charge in [-0.3, -0.25) is 9.69 Å². The van der Waals surface area contributed by atoms with E-state index in [-0.39, 0.29) is 24.3 Å². The van der Waals surface area contributed by atoms with Gasteiger partial charge >= 0.3 is 5.92 Å². The zero-order valence-electron chi connectivity index (χ0n) is 18.3. The number of aromatic nitrogens is 2. The highest BCUT2D eigenvalue weighted by atomic mass is 19.3. The molecule has 0 N–H and O–H groups in total. The van der Waals surface area contributed by atoms with Crippen LogP contribution in [0.1, 0.15) is 27.9 Å². The molecule has 5 rings (SSSR count). The van der Waals surface area contributed by atoms with E-state index in [1.54, 1.807) is 29.2 Å². The van der Waals surface area contributed by atoms with Crippen molar-refractivity contribution in [2.45, 2.75) is 39.0 Å². The second-order valence-corrected chi connectivity index (χ2v) is 8.74. The van der Waals surface area contributed by atoms with Crippen molar-refractivity contribution in [3.8, 4) is 0 Å². The lowest BCUT2D eigenvalue weighted by Crippen LogP contribution is -2.45. The fraction of sp³-hybridized carbons (Fsp3) is 0.320. The first-order chi connectivity index (χ1) is 15.8. The summed E-state index contributed by atoms with van der Waals surface area (Å²) in [5, 5.41) is 0. The molecule has 0 radical (unpaired) electrons. The zero-order chi connectivity index (χ0) is 23.2. The summed E-state index contributed by atoms with van der Waals surface area (Å²) < 4.78 is 32.4. The largest absolute Gasteiger partial charge is 0.336 e. The summed E-state index contributed by atoms with van der Waals surface area (Å²) in [6.07, 6.45) is 0. The Balaban J connectivity index is 1.46. The van der Waals surface area contributed by atoms with Gasteiger partial charge < -0.3 is 9.47 Å². The van der Waals surface area contributed by atoms with Crippen molar-refractivity contribution < 1.29 is 8.78 Å². The number of halogens is 2. The number of benzene rings is 2. The molecular weight excluding hydrogens is 424 g/mol. The van der Waals surface area contributed by atoms with E-state index in [1.165, 1.54) is 4.57 Å². The number of rotatable bonds is 4. The van der Waals surface area contributed by atoms with Gasteiger partial charge in [-0.15, -0.1) is 0 Å². The first-order valence-electron chi connectivity index (χ1n) is 10.9. The van der Waals surface area contributed by atoms with Crippen molar-refractivity contribution in [2.75, 3.05) is 18.0 Å². The highest BCUT2D eigenvalue weighted by molar-refractivity contribution is 5.47. The average Bonchev–Trinajstić information content (AvgIpc) is 3.15. The summed E-state index contributed by atoms with van der Waals surface area (Å²) in [4.78, 5) is 24.0. The van der Waals surface area contributed by atoms with Crippen LogP contribution in [-0.4, -0.2) is 27.5 Å². The summed E-state index contributed by atoms with van der Waals surface area (Å²) in [5.41, 5.74) is 2.67. The molecule has 0 fully saturated rings. The molecule has 3 aromatic rings. The Morgan fingerprint density at radius 2 is 1.85 bits per heavy atom. The van der Waals surface area contributed by atoms with E-state index in [0.717, 1.165) is 16.7 Å². The van der Waals surface area contributed by atoms with E-state index >= 15 is 8.78 Å². The monoisotopic (exact) mass is 447 g/mol. The first-order valence-corrected chi connectivity index (χ1v) is 10.9. The number of anilines is 1. The molecule has 33 heavy (non-hydrogen) atoms. The van der Waals surface area contributed by atoms with E-state index in [4.69, 9.17) is 6.57 Å². The Morgan fingerprint density at radius 3 is 2.61 bits per heavy atom. The summed E-state index contributed by atoms with van der Waals surface area (Å²) in [6.45, 7) is 10.4. The van der Waals surface area contributed by atoms with Crippen LogP contribution in [0.2, 0.25) is 0 Å². The predicted molar refractivity (Wildman–Crippen MR) is 121 cm³/mol. The smallest absolute Gasteiger partial charge is 0.300 e. The highest BCUT2D eigenvalue weighted by Crippen LogP contribution is 2.38. The number of alkyl halides is 2. The lowest BCUT2D eigenvalue weighted by atomic mass is 10.0. The third-order valence-corrected chi connectivity index (χ3v) is 6.19. The molecule has 0 atom stereocenters. The number of fused-ring (bicyclic) bond motifs is 3. The van der Waals surface area contributed by atoms with Gasteiger partial charge in [0.25, 0.3) is 5.56 Å². The maximum Gasteiger partial charge on any atom is 0.300 e. The number of hydrogen-bond donors (Lipinski definition) is 0. The predicted octanol–water partition coefficient (Wildman–Crippen LogP) is 4.23. The average molecular weight is 447 g/mol. The van der Waals surface area contributed by atoms with Crippen molar-refractivity contribution in [2.24, 2.45) is 0 Å². The maximum absolute atomic E-state index is 15.4. The van der Waals surface area contributed by atoms with E-state index in [2.05, 4.69) is 15.9 Å². The molecule has 1 aromatic heterocycles. The quantitative estimate of drug-likeness (QED) is 0.562. The van der Waals surface area contributed by atoms with Crippen molar-refractivity contribution in [3.63, 3.8) is 0 Å². The zero-order valence-corrected chi connectivity index (χ0v) is 18.3. The molecule has 0 amide bonds. The molecule has 2 aliphatic rings. The Morgan fingerprint density at radius 1 is 1.09 bits per heavy atom. The summed E-state index contributed by atoms with van der Waals surface area (Å²) >= 11 is 0. The van der Waals surface area contributed by atoms with Gasteiger partial charge in [0.15, 0.2) is 5.69 Å². The second-order valence-electron chi connectivity index (χ2n) is 8.74. The number of aryl methyl sites for hydroxylation is 1. The Bertz CT molecular complexity index is 1330. The van der Waals surface area contributed by atoms with E-state index in [1.807, 2.05) is 30.0 Å². The lowest BCUT2D eigenvalue weighted by Gasteiger charge is -2.35. The third kappa shape index (κ3) is 4.00. The van der Waals surface area contributed by atoms with Gasteiger partial charge in [0.05, 0.1) is 18.7 Å². The maximum atomic E-state index is 15.4. The van der Waals surface area contributed by atoms with Crippen molar-refractivity contribution >= 4 is 11.6 Å². The Kier molecular flexibility index (Phi) is 5.22. The van der Waals surface area contributed by atoms with E-state index in [0.29, 0.717) is 31.3 Å². The topological polar surface area (TPSA) is 45.7 Å². The minimum atomic E-state index is -3.18. The molecule has 0 saturated heterocycles. The summed E-state index contributed by atoms with van der Waals surface area (Å²) in [5.74, 6) is -2.86. The van der Waals surface area contributed by atoms with Crippen LogP contribution in [0.15, 0.2) is 53.3 Å². The molecule has 0 saturated carbocycles. The van der Waals surface area contributed by atoms with Crippen LogP contribution in [-0.2, 0) is 32.1 Å². The van der Waals surface area contributed by atoms with Crippen molar-refractivity contribution in [3.05, 3.63) is 98.2 Å². The van der Waals surface area contributed by atoms with Crippen LogP contribution < -0.4 is 10.5 Å². The van der Waals surface area contributed by atoms with E-state index < -0.39 is 18.0 Å². The fourth-order valence-electron chi connectivity index (χ4n) is 4.83. The minimum Gasteiger partial charge on any atom is -0.336 e. The molecule has 2 aromatic carbocycles. The van der Waals surface area contributed by atoms with Gasteiger partial charge in [0.2, 0.25) is 5.95 Å². The van der Waals surface area contributed by atoms with Crippen molar-refractivity contribution in [1.29, 1.82) is 0 Å². The lowest BCUT2D eigenvalue weighted by molar-refractivity contribution is -0.0621. The molecule has 2 aliphatic heterocycles. The van der Waals surface area contributed by atoms with Gasteiger partial charge in [-0.2, -0.15) is 13.8 Å². The van der Waals surface area contributed by atoms with Crippen LogP contribution in [0.4, 0.5) is 20.4 Å². The standard InChI is InChI=1S/C25H23F2N5O/c1-17-5-3-6-18(11-17)14-31-9-10-32-22-21(23(33)29-24(31)32)15-30(16-25(22,26)27)13-19-7-4-8-20(12-19)28-2/h3-8,11-12H,9-10,13-16H2,1H3. The fourth-order valence-corrected chi connectivity index (χ4v) is 4.83. The normalized spacial score (nSPS) is 16.8. The van der Waals surface area contributed by atoms with Gasteiger partial charge in [-0.05, 0) is 18.1 Å². The van der Waals surface area contributed by atoms with Gasteiger partial charge in [0.1, 0.15) is 5.69 Å². The van der Waals surface area contributed by atoms with Crippen LogP contribution in [0.3, 0.4) is 0 Å². The Hall–Kier alpha value is -3.57. The molecular formula is C25H23F2N5O. The molecule has 8 heteroatoms. The highest BCUT2D eigenvalue weighted by Gasteiger charge is 2.46. The van der Waals surface area contributed by atoms with Crippen molar-refractivity contribution in [1.82, 2.24) is 14.5 Å². The second kappa shape index (κ2) is 8.09. The minimum absolute atomic E-state index is 0.0636. The van der Waals surface area contributed by atoms with Crippen LogP contribution in [0.5, 0.6) is 0 Å². The Labute approximate surface area is 190 Å². The van der Waals surface area contributed by atoms with Crippen LogP contribution in [0, 0.1) is 13.5 Å². The number of nitrogens with zero attached hydrogens (tertiary/aromatic N) is 5.